The van der Waals surface area contributed by atoms with Gasteiger partial charge in [0.05, 0.1) is 7.05 Å². The van der Waals surface area contributed by atoms with Crippen LogP contribution in [0.25, 0.3) is 11.4 Å². The summed E-state index contributed by atoms with van der Waals surface area (Å²) in [6, 6.07) is 13.8. The summed E-state index contributed by atoms with van der Waals surface area (Å²) in [7, 11) is 5.17. The number of carbonyl (C=O) groups excluding carboxylic acids is 1. The Bertz CT molecular complexity index is 983. The van der Waals surface area contributed by atoms with Gasteiger partial charge in [-0.25, -0.2) is 0 Å². The first-order chi connectivity index (χ1) is 13.1. The van der Waals surface area contributed by atoms with Crippen LogP contribution in [0.5, 0.6) is 0 Å². The van der Waals surface area contributed by atoms with Gasteiger partial charge in [0.2, 0.25) is 5.82 Å². The van der Waals surface area contributed by atoms with Crippen LogP contribution < -0.4 is 5.32 Å². The monoisotopic (exact) mass is 378 g/mol. The second-order valence-electron chi connectivity index (χ2n) is 8.01. The van der Waals surface area contributed by atoms with E-state index in [-0.39, 0.29) is 11.3 Å². The van der Waals surface area contributed by atoms with Crippen molar-refractivity contribution in [1.29, 1.82) is 0 Å². The third-order valence-corrected chi connectivity index (χ3v) is 4.45. The number of benzene rings is 2. The maximum atomic E-state index is 12.4. The van der Waals surface area contributed by atoms with Gasteiger partial charge in [-0.05, 0) is 46.5 Å². The smallest absolute Gasteiger partial charge is 0.253 e. The standard InChI is InChI=1S/C21H26N6O/c1-21(2,3)15-8-10-16(11-9-15)22-18-12-7-14(20(28)26(4)5)13-17(18)19-23-25-27(6)24-19/h7-13,22H,1-6H3. The van der Waals surface area contributed by atoms with Crippen molar-refractivity contribution >= 4 is 17.3 Å². The average molecular weight is 378 g/mol. The fraction of sp³-hybridized carbons (Fsp3) is 0.333. The number of nitrogens with zero attached hydrogens (tertiary/aromatic N) is 5. The van der Waals surface area contributed by atoms with E-state index in [1.54, 1.807) is 38.2 Å². The highest BCUT2D eigenvalue weighted by molar-refractivity contribution is 5.96. The van der Waals surface area contributed by atoms with E-state index >= 15 is 0 Å². The molecule has 0 aliphatic heterocycles. The van der Waals surface area contributed by atoms with Crippen molar-refractivity contribution in [3.05, 3.63) is 53.6 Å². The largest absolute Gasteiger partial charge is 0.355 e. The van der Waals surface area contributed by atoms with Gasteiger partial charge in [-0.15, -0.1) is 10.2 Å². The van der Waals surface area contributed by atoms with Gasteiger partial charge in [0, 0.05) is 36.6 Å². The van der Waals surface area contributed by atoms with E-state index in [2.05, 4.69) is 53.6 Å². The van der Waals surface area contributed by atoms with Gasteiger partial charge < -0.3 is 10.2 Å². The van der Waals surface area contributed by atoms with Crippen LogP contribution in [0.4, 0.5) is 11.4 Å². The molecule has 1 amide bonds. The van der Waals surface area contributed by atoms with E-state index in [0.29, 0.717) is 11.4 Å². The lowest BCUT2D eigenvalue weighted by molar-refractivity contribution is 0.0827. The fourth-order valence-corrected chi connectivity index (χ4v) is 2.83. The van der Waals surface area contributed by atoms with Crippen molar-refractivity contribution in [2.75, 3.05) is 19.4 Å². The summed E-state index contributed by atoms with van der Waals surface area (Å²) < 4.78 is 0. The van der Waals surface area contributed by atoms with Crippen LogP contribution in [0.15, 0.2) is 42.5 Å². The number of rotatable bonds is 4. The second kappa shape index (κ2) is 7.42. The van der Waals surface area contributed by atoms with E-state index < -0.39 is 0 Å². The summed E-state index contributed by atoms with van der Waals surface area (Å²) >= 11 is 0. The molecule has 0 saturated heterocycles. The molecule has 0 fully saturated rings. The molecule has 146 valence electrons. The van der Waals surface area contributed by atoms with Crippen molar-refractivity contribution in [3.8, 4) is 11.4 Å². The van der Waals surface area contributed by atoms with E-state index in [0.717, 1.165) is 16.9 Å². The summed E-state index contributed by atoms with van der Waals surface area (Å²) in [5, 5.41) is 15.8. The Labute approximate surface area is 165 Å². The van der Waals surface area contributed by atoms with Crippen LogP contribution in [0.2, 0.25) is 0 Å². The number of hydrogen-bond donors (Lipinski definition) is 1. The molecule has 0 atom stereocenters. The zero-order valence-corrected chi connectivity index (χ0v) is 17.2. The zero-order valence-electron chi connectivity index (χ0n) is 17.2. The van der Waals surface area contributed by atoms with E-state index in [9.17, 15) is 4.79 Å². The number of nitrogens with one attached hydrogen (secondary N) is 1. The Morgan fingerprint density at radius 1 is 1.07 bits per heavy atom. The molecule has 3 aromatic rings. The highest BCUT2D eigenvalue weighted by atomic mass is 16.2. The predicted octanol–water partition coefficient (Wildman–Crippen LogP) is 3.62. The van der Waals surface area contributed by atoms with Gasteiger partial charge >= 0.3 is 0 Å². The SMILES string of the molecule is CN(C)C(=O)c1ccc(Nc2ccc(C(C)(C)C)cc2)c(-c2nnn(C)n2)c1. The summed E-state index contributed by atoms with van der Waals surface area (Å²) in [6.07, 6.45) is 0. The minimum Gasteiger partial charge on any atom is -0.355 e. The molecule has 1 heterocycles. The normalized spacial score (nSPS) is 11.4. The molecule has 0 radical (unpaired) electrons. The minimum absolute atomic E-state index is 0.0776. The Morgan fingerprint density at radius 2 is 1.75 bits per heavy atom. The van der Waals surface area contributed by atoms with Gasteiger partial charge in [0.15, 0.2) is 0 Å². The van der Waals surface area contributed by atoms with Crippen molar-refractivity contribution in [1.82, 2.24) is 25.1 Å². The van der Waals surface area contributed by atoms with Crippen molar-refractivity contribution in [2.45, 2.75) is 26.2 Å². The molecule has 0 aliphatic carbocycles. The number of anilines is 2. The minimum atomic E-state index is -0.0776. The van der Waals surface area contributed by atoms with Crippen LogP contribution >= 0.6 is 0 Å². The predicted molar refractivity (Wildman–Crippen MR) is 111 cm³/mol. The lowest BCUT2D eigenvalue weighted by atomic mass is 9.87. The Hall–Kier alpha value is -3.22. The zero-order chi connectivity index (χ0) is 20.5. The van der Waals surface area contributed by atoms with Gasteiger partial charge in [-0.3, -0.25) is 4.79 Å². The van der Waals surface area contributed by atoms with Gasteiger partial charge in [0.25, 0.3) is 5.91 Å². The van der Waals surface area contributed by atoms with Crippen molar-refractivity contribution in [2.24, 2.45) is 7.05 Å². The molecular formula is C21H26N6O. The molecule has 0 spiro atoms. The van der Waals surface area contributed by atoms with E-state index in [1.807, 2.05) is 18.2 Å². The quantitative estimate of drug-likeness (QED) is 0.750. The molecule has 3 rings (SSSR count). The maximum absolute atomic E-state index is 12.4. The van der Waals surface area contributed by atoms with E-state index in [4.69, 9.17) is 0 Å². The summed E-state index contributed by atoms with van der Waals surface area (Å²) in [5.41, 5.74) is 4.42. The van der Waals surface area contributed by atoms with Crippen LogP contribution in [0, 0.1) is 0 Å². The average Bonchev–Trinajstić information content (AvgIpc) is 3.07. The molecule has 1 aromatic heterocycles. The highest BCUT2D eigenvalue weighted by Crippen LogP contribution is 2.30. The lowest BCUT2D eigenvalue weighted by Gasteiger charge is -2.19. The first-order valence-corrected chi connectivity index (χ1v) is 9.13. The first kappa shape index (κ1) is 19.5. The molecule has 7 heteroatoms. The van der Waals surface area contributed by atoms with Crippen molar-refractivity contribution in [3.63, 3.8) is 0 Å². The van der Waals surface area contributed by atoms with Crippen LogP contribution in [0.1, 0.15) is 36.7 Å². The fourth-order valence-electron chi connectivity index (χ4n) is 2.83. The number of aromatic nitrogens is 4. The summed E-state index contributed by atoms with van der Waals surface area (Å²) in [4.78, 5) is 15.3. The van der Waals surface area contributed by atoms with Crippen LogP contribution in [-0.2, 0) is 12.5 Å². The molecule has 2 aromatic carbocycles. The molecule has 7 nitrogen and oxygen atoms in total. The Kier molecular flexibility index (Phi) is 5.18. The summed E-state index contributed by atoms with van der Waals surface area (Å²) in [6.45, 7) is 6.56. The van der Waals surface area contributed by atoms with Gasteiger partial charge in [0.1, 0.15) is 0 Å². The first-order valence-electron chi connectivity index (χ1n) is 9.13. The molecule has 0 unspecified atom stereocenters. The van der Waals surface area contributed by atoms with E-state index in [1.165, 1.54) is 10.4 Å². The molecule has 0 bridgehead atoms. The van der Waals surface area contributed by atoms with Crippen LogP contribution in [0.3, 0.4) is 0 Å². The maximum Gasteiger partial charge on any atom is 0.253 e. The van der Waals surface area contributed by atoms with Gasteiger partial charge in [-0.2, -0.15) is 4.80 Å². The number of amides is 1. The third-order valence-electron chi connectivity index (χ3n) is 4.45. The number of aryl methyl sites for hydroxylation is 1. The number of tetrazole rings is 1. The molecule has 0 aliphatic rings. The molecule has 28 heavy (non-hydrogen) atoms. The number of hydrogen-bond acceptors (Lipinski definition) is 5. The highest BCUT2D eigenvalue weighted by Gasteiger charge is 2.17. The number of carbonyl (C=O) groups is 1. The molecular weight excluding hydrogens is 352 g/mol. The Balaban J connectivity index is 1.99. The van der Waals surface area contributed by atoms with Crippen molar-refractivity contribution < 1.29 is 4.79 Å². The molecule has 1 N–H and O–H groups in total. The Morgan fingerprint density at radius 3 is 2.29 bits per heavy atom. The summed E-state index contributed by atoms with van der Waals surface area (Å²) in [5.74, 6) is 0.385. The molecule has 0 saturated carbocycles. The van der Waals surface area contributed by atoms with Crippen LogP contribution in [-0.4, -0.2) is 45.1 Å². The second-order valence-corrected chi connectivity index (χ2v) is 8.01. The van der Waals surface area contributed by atoms with Gasteiger partial charge in [-0.1, -0.05) is 32.9 Å². The topological polar surface area (TPSA) is 75.9 Å². The lowest BCUT2D eigenvalue weighted by Crippen LogP contribution is -2.21. The third kappa shape index (κ3) is 4.19.